The Bertz CT molecular complexity index is 1100. The fourth-order valence-electron chi connectivity index (χ4n) is 2.73. The van der Waals surface area contributed by atoms with Gasteiger partial charge in [0, 0.05) is 5.56 Å². The van der Waals surface area contributed by atoms with Crippen LogP contribution in [0.1, 0.15) is 11.1 Å². The Hall–Kier alpha value is -3.19. The number of nitrogens with zero attached hydrogens (tertiary/aromatic N) is 5. The lowest BCUT2D eigenvalue weighted by molar-refractivity contribution is 0.431. The van der Waals surface area contributed by atoms with E-state index in [9.17, 15) is 0 Å². The van der Waals surface area contributed by atoms with Gasteiger partial charge in [0.1, 0.15) is 0 Å². The molecule has 26 heavy (non-hydrogen) atoms. The van der Waals surface area contributed by atoms with E-state index in [1.54, 1.807) is 10.7 Å². The third-order valence-corrected chi connectivity index (χ3v) is 4.36. The number of nitrogens with two attached hydrogens (primary N) is 1. The first-order chi connectivity index (χ1) is 12.5. The third-order valence-electron chi connectivity index (χ3n) is 4.03. The summed E-state index contributed by atoms with van der Waals surface area (Å²) < 4.78 is 6.88. The van der Waals surface area contributed by atoms with Crippen LogP contribution in [0.3, 0.4) is 0 Å². The molecule has 0 unspecified atom stereocenters. The highest BCUT2D eigenvalue weighted by Crippen LogP contribution is 2.29. The van der Waals surface area contributed by atoms with Crippen LogP contribution in [0, 0.1) is 13.8 Å². The molecule has 0 saturated carbocycles. The fourth-order valence-corrected chi connectivity index (χ4v) is 2.95. The fraction of sp³-hybridized carbons (Fsp3) is 0.111. The molecule has 2 aromatic carbocycles. The van der Waals surface area contributed by atoms with Crippen molar-refractivity contribution >= 4 is 17.4 Å². The molecule has 0 bridgehead atoms. The molecule has 0 amide bonds. The summed E-state index contributed by atoms with van der Waals surface area (Å²) in [6.45, 7) is 4.02. The second kappa shape index (κ2) is 6.27. The molecule has 4 rings (SSSR count). The number of anilines is 1. The van der Waals surface area contributed by atoms with Crippen molar-refractivity contribution in [3.63, 3.8) is 0 Å². The summed E-state index contributed by atoms with van der Waals surface area (Å²) in [6.07, 6.45) is 0. The standard InChI is InChI=1S/C18H15ClN6O/c1-10-7-8-14(11(2)9-10)25-16(20)15(22-24-25)18-21-17(23-26-18)12-5-3-4-6-13(12)19/h3-9H,20H2,1-2H3. The van der Waals surface area contributed by atoms with Crippen molar-refractivity contribution in [1.29, 1.82) is 0 Å². The molecule has 0 spiro atoms. The van der Waals surface area contributed by atoms with E-state index in [-0.39, 0.29) is 5.89 Å². The summed E-state index contributed by atoms with van der Waals surface area (Å²) in [7, 11) is 0. The number of hydrogen-bond acceptors (Lipinski definition) is 6. The largest absolute Gasteiger partial charge is 0.382 e. The van der Waals surface area contributed by atoms with E-state index < -0.39 is 0 Å². The highest BCUT2D eigenvalue weighted by molar-refractivity contribution is 6.33. The van der Waals surface area contributed by atoms with Crippen LogP contribution in [0.15, 0.2) is 47.0 Å². The molecule has 0 atom stereocenters. The van der Waals surface area contributed by atoms with Gasteiger partial charge in [0.25, 0.3) is 5.89 Å². The maximum absolute atomic E-state index is 6.24. The second-order valence-electron chi connectivity index (χ2n) is 5.93. The first-order valence-corrected chi connectivity index (χ1v) is 8.30. The van der Waals surface area contributed by atoms with Gasteiger partial charge < -0.3 is 10.3 Å². The van der Waals surface area contributed by atoms with Gasteiger partial charge in [-0.3, -0.25) is 0 Å². The van der Waals surface area contributed by atoms with Crippen molar-refractivity contribution in [2.75, 3.05) is 5.73 Å². The molecule has 2 N–H and O–H groups in total. The molecule has 130 valence electrons. The lowest BCUT2D eigenvalue weighted by Gasteiger charge is -2.07. The van der Waals surface area contributed by atoms with Crippen molar-refractivity contribution in [1.82, 2.24) is 25.1 Å². The number of aryl methyl sites for hydroxylation is 2. The molecule has 8 heteroatoms. The van der Waals surface area contributed by atoms with Crippen LogP contribution < -0.4 is 5.73 Å². The van der Waals surface area contributed by atoms with E-state index in [4.69, 9.17) is 21.9 Å². The van der Waals surface area contributed by atoms with E-state index in [1.165, 1.54) is 0 Å². The smallest absolute Gasteiger partial charge is 0.282 e. The molecule has 0 radical (unpaired) electrons. The molecule has 4 aromatic rings. The van der Waals surface area contributed by atoms with E-state index in [1.807, 2.05) is 44.2 Å². The van der Waals surface area contributed by atoms with E-state index in [2.05, 4.69) is 26.5 Å². The molecule has 7 nitrogen and oxygen atoms in total. The summed E-state index contributed by atoms with van der Waals surface area (Å²) in [6, 6.07) is 13.2. The van der Waals surface area contributed by atoms with Gasteiger partial charge >= 0.3 is 0 Å². The number of aromatic nitrogens is 5. The second-order valence-corrected chi connectivity index (χ2v) is 6.34. The number of benzene rings is 2. The lowest BCUT2D eigenvalue weighted by atomic mass is 10.1. The quantitative estimate of drug-likeness (QED) is 0.591. The Labute approximate surface area is 154 Å². The van der Waals surface area contributed by atoms with Gasteiger partial charge in [-0.2, -0.15) is 9.67 Å². The normalized spacial score (nSPS) is 11.0. The Morgan fingerprint density at radius 3 is 2.69 bits per heavy atom. The minimum absolute atomic E-state index is 0.188. The van der Waals surface area contributed by atoms with Gasteiger partial charge in [0.15, 0.2) is 11.5 Å². The SMILES string of the molecule is Cc1ccc(-n2nnc(-c3nc(-c4ccccc4Cl)no3)c2N)c(C)c1. The molecule has 2 aromatic heterocycles. The van der Waals surface area contributed by atoms with E-state index in [0.29, 0.717) is 27.9 Å². The molecule has 0 fully saturated rings. The lowest BCUT2D eigenvalue weighted by Crippen LogP contribution is -2.04. The van der Waals surface area contributed by atoms with Gasteiger partial charge in [-0.25, -0.2) is 0 Å². The summed E-state index contributed by atoms with van der Waals surface area (Å²) in [5.74, 6) is 0.880. The predicted molar refractivity (Wildman–Crippen MR) is 99.0 cm³/mol. The third kappa shape index (κ3) is 2.72. The number of halogens is 1. The number of rotatable bonds is 3. The minimum Gasteiger partial charge on any atom is -0.382 e. The molecule has 0 aliphatic carbocycles. The molecule has 0 aliphatic rings. The Morgan fingerprint density at radius 1 is 1.12 bits per heavy atom. The van der Waals surface area contributed by atoms with E-state index >= 15 is 0 Å². The maximum atomic E-state index is 6.24. The van der Waals surface area contributed by atoms with Crippen molar-refractivity contribution in [2.45, 2.75) is 13.8 Å². The maximum Gasteiger partial charge on any atom is 0.282 e. The molecule has 0 saturated heterocycles. The first-order valence-electron chi connectivity index (χ1n) is 7.92. The summed E-state index contributed by atoms with van der Waals surface area (Å²) >= 11 is 6.18. The van der Waals surface area contributed by atoms with Crippen LogP contribution in [0.2, 0.25) is 5.02 Å². The summed E-state index contributed by atoms with van der Waals surface area (Å²) in [4.78, 5) is 4.36. The van der Waals surface area contributed by atoms with Crippen molar-refractivity contribution in [2.24, 2.45) is 0 Å². The number of hydrogen-bond donors (Lipinski definition) is 1. The van der Waals surface area contributed by atoms with Crippen molar-refractivity contribution < 1.29 is 4.52 Å². The van der Waals surface area contributed by atoms with E-state index in [0.717, 1.165) is 16.8 Å². The van der Waals surface area contributed by atoms with Crippen LogP contribution in [0.4, 0.5) is 5.82 Å². The Balaban J connectivity index is 1.75. The Morgan fingerprint density at radius 2 is 1.92 bits per heavy atom. The van der Waals surface area contributed by atoms with Crippen LogP contribution in [0.25, 0.3) is 28.7 Å². The van der Waals surface area contributed by atoms with Crippen LogP contribution >= 0.6 is 11.6 Å². The first kappa shape index (κ1) is 16.3. The zero-order chi connectivity index (χ0) is 18.3. The van der Waals surface area contributed by atoms with Crippen LogP contribution in [-0.2, 0) is 0 Å². The van der Waals surface area contributed by atoms with Gasteiger partial charge in [-0.1, -0.05) is 51.8 Å². The topological polar surface area (TPSA) is 95.6 Å². The molecular weight excluding hydrogens is 352 g/mol. The molecule has 2 heterocycles. The van der Waals surface area contributed by atoms with Crippen LogP contribution in [0.5, 0.6) is 0 Å². The van der Waals surface area contributed by atoms with Crippen LogP contribution in [-0.4, -0.2) is 25.1 Å². The van der Waals surface area contributed by atoms with Gasteiger partial charge in [0.2, 0.25) is 5.82 Å². The van der Waals surface area contributed by atoms with Gasteiger partial charge in [-0.15, -0.1) is 5.10 Å². The van der Waals surface area contributed by atoms with Crippen molar-refractivity contribution in [3.8, 4) is 28.7 Å². The predicted octanol–water partition coefficient (Wildman–Crippen LogP) is 3.84. The molecular formula is C18H15ClN6O. The van der Waals surface area contributed by atoms with Gasteiger partial charge in [-0.05, 0) is 37.6 Å². The minimum atomic E-state index is 0.188. The van der Waals surface area contributed by atoms with Gasteiger partial charge in [0.05, 0.1) is 10.7 Å². The zero-order valence-corrected chi connectivity index (χ0v) is 14.9. The average Bonchev–Trinajstić information content (AvgIpc) is 3.22. The molecule has 0 aliphatic heterocycles. The monoisotopic (exact) mass is 366 g/mol. The summed E-state index contributed by atoms with van der Waals surface area (Å²) in [5.41, 5.74) is 10.3. The average molecular weight is 367 g/mol. The highest BCUT2D eigenvalue weighted by Gasteiger charge is 2.21. The highest BCUT2D eigenvalue weighted by atomic mass is 35.5. The summed E-state index contributed by atoms with van der Waals surface area (Å²) in [5, 5.41) is 12.8. The number of nitrogen functional groups attached to an aromatic ring is 1. The van der Waals surface area contributed by atoms with Crippen molar-refractivity contribution in [3.05, 3.63) is 58.6 Å². The Kier molecular flexibility index (Phi) is 3.93. The zero-order valence-electron chi connectivity index (χ0n) is 14.1.